The highest BCUT2D eigenvalue weighted by molar-refractivity contribution is 7.98. The van der Waals surface area contributed by atoms with Crippen LogP contribution in [0.5, 0.6) is 0 Å². The number of aryl methyl sites for hydroxylation is 1. The van der Waals surface area contributed by atoms with Gasteiger partial charge in [0.15, 0.2) is 5.16 Å². The Balaban J connectivity index is 1.71. The molecule has 1 fully saturated rings. The van der Waals surface area contributed by atoms with Gasteiger partial charge in [0.1, 0.15) is 17.1 Å². The molecule has 1 saturated heterocycles. The van der Waals surface area contributed by atoms with Gasteiger partial charge in [-0.1, -0.05) is 11.8 Å². The molecule has 0 aromatic carbocycles. The molecule has 3 heterocycles. The molecular weight excluding hydrogens is 344 g/mol. The Bertz CT molecular complexity index is 737. The molecule has 8 nitrogen and oxygen atoms in total. The van der Waals surface area contributed by atoms with Crippen LogP contribution in [0, 0.1) is 6.92 Å². The fourth-order valence-electron chi connectivity index (χ4n) is 2.72. The van der Waals surface area contributed by atoms with E-state index in [1.54, 1.807) is 13.0 Å². The van der Waals surface area contributed by atoms with Crippen LogP contribution in [0.3, 0.4) is 0 Å². The molecule has 25 heavy (non-hydrogen) atoms. The van der Waals surface area contributed by atoms with Crippen LogP contribution < -0.4 is 4.90 Å². The lowest BCUT2D eigenvalue weighted by molar-refractivity contribution is 0.0599. The molecule has 0 spiro atoms. The standard InChI is InChI=1S/C16H22N4O4S/c1-4-20-15(19-5-7-23-8-6-19)17-18-16(20)25-10-12-9-13(11(2)24-12)14(21)22-3/h9H,4-8,10H2,1-3H3. The highest BCUT2D eigenvalue weighted by Gasteiger charge is 2.21. The summed E-state index contributed by atoms with van der Waals surface area (Å²) in [5.74, 6) is 2.33. The Morgan fingerprint density at radius 3 is 2.80 bits per heavy atom. The van der Waals surface area contributed by atoms with E-state index in [0.717, 1.165) is 30.7 Å². The van der Waals surface area contributed by atoms with Crippen LogP contribution in [0.4, 0.5) is 5.95 Å². The molecule has 0 aliphatic carbocycles. The highest BCUT2D eigenvalue weighted by atomic mass is 32.2. The van der Waals surface area contributed by atoms with Gasteiger partial charge in [0.05, 0.1) is 26.1 Å². The summed E-state index contributed by atoms with van der Waals surface area (Å²) in [6.07, 6.45) is 0. The zero-order valence-corrected chi connectivity index (χ0v) is 15.5. The Hall–Kier alpha value is -2.00. The topological polar surface area (TPSA) is 82.6 Å². The van der Waals surface area contributed by atoms with Crippen molar-refractivity contribution in [1.82, 2.24) is 14.8 Å². The molecule has 136 valence electrons. The monoisotopic (exact) mass is 366 g/mol. The number of aromatic nitrogens is 3. The van der Waals surface area contributed by atoms with E-state index in [1.807, 2.05) is 0 Å². The first-order chi connectivity index (χ1) is 12.1. The molecule has 0 amide bonds. The number of anilines is 1. The van der Waals surface area contributed by atoms with Crippen LogP contribution in [0.1, 0.15) is 28.8 Å². The van der Waals surface area contributed by atoms with Crippen molar-refractivity contribution in [2.75, 3.05) is 38.3 Å². The molecule has 0 N–H and O–H groups in total. The molecule has 1 aliphatic rings. The Labute approximate surface area is 150 Å². The number of ether oxygens (including phenoxy) is 2. The molecule has 0 atom stereocenters. The number of esters is 1. The fraction of sp³-hybridized carbons (Fsp3) is 0.562. The number of carbonyl (C=O) groups excluding carboxylic acids is 1. The van der Waals surface area contributed by atoms with Gasteiger partial charge in [-0.25, -0.2) is 4.79 Å². The molecule has 0 bridgehead atoms. The summed E-state index contributed by atoms with van der Waals surface area (Å²) in [6, 6.07) is 1.73. The maximum atomic E-state index is 11.7. The largest absolute Gasteiger partial charge is 0.465 e. The number of morpholine rings is 1. The minimum atomic E-state index is -0.385. The van der Waals surface area contributed by atoms with E-state index in [4.69, 9.17) is 13.9 Å². The predicted molar refractivity (Wildman–Crippen MR) is 93.1 cm³/mol. The first kappa shape index (κ1) is 17.8. The lowest BCUT2D eigenvalue weighted by Gasteiger charge is -2.27. The van der Waals surface area contributed by atoms with Gasteiger partial charge in [-0.05, 0) is 19.9 Å². The lowest BCUT2D eigenvalue weighted by atomic mass is 10.2. The van der Waals surface area contributed by atoms with Crippen molar-refractivity contribution in [2.45, 2.75) is 31.3 Å². The average Bonchev–Trinajstić information content (AvgIpc) is 3.22. The quantitative estimate of drug-likeness (QED) is 0.568. The van der Waals surface area contributed by atoms with Crippen molar-refractivity contribution in [1.29, 1.82) is 0 Å². The van der Waals surface area contributed by atoms with E-state index < -0.39 is 0 Å². The van der Waals surface area contributed by atoms with E-state index in [-0.39, 0.29) is 5.97 Å². The molecule has 2 aromatic heterocycles. The Kier molecular flexibility index (Phi) is 5.64. The summed E-state index contributed by atoms with van der Waals surface area (Å²) in [4.78, 5) is 13.9. The molecule has 2 aromatic rings. The third kappa shape index (κ3) is 3.82. The number of carbonyl (C=O) groups is 1. The molecule has 0 radical (unpaired) electrons. The molecule has 9 heteroatoms. The normalized spacial score (nSPS) is 14.8. The molecular formula is C16H22N4O4S. The van der Waals surface area contributed by atoms with E-state index in [1.165, 1.54) is 18.9 Å². The van der Waals surface area contributed by atoms with Gasteiger partial charge in [-0.2, -0.15) is 0 Å². The number of furan rings is 1. The van der Waals surface area contributed by atoms with Crippen LogP contribution in [-0.4, -0.2) is 54.1 Å². The second kappa shape index (κ2) is 7.92. The van der Waals surface area contributed by atoms with Gasteiger partial charge in [-0.3, -0.25) is 4.57 Å². The van der Waals surface area contributed by atoms with Gasteiger partial charge in [0, 0.05) is 19.6 Å². The number of nitrogens with zero attached hydrogens (tertiary/aromatic N) is 4. The summed E-state index contributed by atoms with van der Waals surface area (Å²) in [5.41, 5.74) is 0.462. The van der Waals surface area contributed by atoms with E-state index in [2.05, 4.69) is 26.6 Å². The Morgan fingerprint density at radius 2 is 2.12 bits per heavy atom. The number of rotatable bonds is 6. The van der Waals surface area contributed by atoms with E-state index in [0.29, 0.717) is 36.1 Å². The second-order valence-corrected chi connectivity index (χ2v) is 6.53. The molecule has 3 rings (SSSR count). The van der Waals surface area contributed by atoms with Crippen molar-refractivity contribution in [3.05, 3.63) is 23.2 Å². The number of thioether (sulfide) groups is 1. The van der Waals surface area contributed by atoms with Gasteiger partial charge in [0.2, 0.25) is 5.95 Å². The van der Waals surface area contributed by atoms with Gasteiger partial charge in [0.25, 0.3) is 0 Å². The summed E-state index contributed by atoms with van der Waals surface area (Å²) < 4.78 is 17.9. The van der Waals surface area contributed by atoms with Crippen LogP contribution in [0.25, 0.3) is 0 Å². The van der Waals surface area contributed by atoms with Gasteiger partial charge >= 0.3 is 5.97 Å². The Morgan fingerprint density at radius 1 is 1.36 bits per heavy atom. The van der Waals surface area contributed by atoms with Gasteiger partial charge in [-0.15, -0.1) is 10.2 Å². The van der Waals surface area contributed by atoms with E-state index in [9.17, 15) is 4.79 Å². The predicted octanol–water partition coefficient (Wildman–Crippen LogP) is 2.11. The zero-order valence-electron chi connectivity index (χ0n) is 14.7. The van der Waals surface area contributed by atoms with Crippen LogP contribution in [0.2, 0.25) is 0 Å². The molecule has 0 unspecified atom stereocenters. The van der Waals surface area contributed by atoms with Crippen molar-refractivity contribution in [3.8, 4) is 0 Å². The average molecular weight is 366 g/mol. The number of methoxy groups -OCH3 is 1. The maximum absolute atomic E-state index is 11.7. The smallest absolute Gasteiger partial charge is 0.341 e. The van der Waals surface area contributed by atoms with Crippen molar-refractivity contribution >= 4 is 23.7 Å². The number of hydrogen-bond donors (Lipinski definition) is 0. The number of hydrogen-bond acceptors (Lipinski definition) is 8. The van der Waals surface area contributed by atoms with Crippen LogP contribution in [0.15, 0.2) is 15.6 Å². The maximum Gasteiger partial charge on any atom is 0.341 e. The first-order valence-electron chi connectivity index (χ1n) is 8.20. The SMILES string of the molecule is CCn1c(SCc2cc(C(=O)OC)c(C)o2)nnc1N1CCOCC1. The summed E-state index contributed by atoms with van der Waals surface area (Å²) in [5, 5.41) is 9.49. The van der Waals surface area contributed by atoms with Crippen molar-refractivity contribution < 1.29 is 18.7 Å². The van der Waals surface area contributed by atoms with Crippen molar-refractivity contribution in [2.24, 2.45) is 0 Å². The summed E-state index contributed by atoms with van der Waals surface area (Å²) >= 11 is 1.54. The summed E-state index contributed by atoms with van der Waals surface area (Å²) in [6.45, 7) is 7.68. The van der Waals surface area contributed by atoms with Gasteiger partial charge < -0.3 is 18.8 Å². The minimum absolute atomic E-state index is 0.385. The van der Waals surface area contributed by atoms with Crippen LogP contribution >= 0.6 is 11.8 Å². The van der Waals surface area contributed by atoms with E-state index >= 15 is 0 Å². The second-order valence-electron chi connectivity index (χ2n) is 5.59. The molecule has 0 saturated carbocycles. The van der Waals surface area contributed by atoms with Crippen LogP contribution in [-0.2, 0) is 21.8 Å². The summed E-state index contributed by atoms with van der Waals surface area (Å²) in [7, 11) is 1.36. The molecule has 1 aliphatic heterocycles. The zero-order chi connectivity index (χ0) is 17.8. The highest BCUT2D eigenvalue weighted by Crippen LogP contribution is 2.27. The lowest BCUT2D eigenvalue weighted by Crippen LogP contribution is -2.38. The minimum Gasteiger partial charge on any atom is -0.465 e. The third-order valence-electron chi connectivity index (χ3n) is 4.03. The third-order valence-corrected chi connectivity index (χ3v) is 5.01. The first-order valence-corrected chi connectivity index (χ1v) is 9.19. The van der Waals surface area contributed by atoms with Crippen molar-refractivity contribution in [3.63, 3.8) is 0 Å². The fourth-order valence-corrected chi connectivity index (χ4v) is 3.60.